The maximum Gasteiger partial charge on any atom is 0.408 e. The van der Waals surface area contributed by atoms with Gasteiger partial charge in [-0.15, -0.1) is 0 Å². The van der Waals surface area contributed by atoms with Gasteiger partial charge in [-0.05, 0) is 45.7 Å². The number of alkyl carbamates (subject to hydrolysis) is 1. The fourth-order valence-corrected chi connectivity index (χ4v) is 3.28. The first kappa shape index (κ1) is 20.8. The molecule has 29 heavy (non-hydrogen) atoms. The van der Waals surface area contributed by atoms with Crippen molar-refractivity contribution in [3.63, 3.8) is 0 Å². The van der Waals surface area contributed by atoms with E-state index < -0.39 is 29.1 Å². The Hall–Kier alpha value is -2.96. The molecule has 1 aliphatic rings. The van der Waals surface area contributed by atoms with Gasteiger partial charge in [0, 0.05) is 6.42 Å². The molecule has 0 bridgehead atoms. The Morgan fingerprint density at radius 1 is 1.31 bits per heavy atom. The summed E-state index contributed by atoms with van der Waals surface area (Å²) in [7, 11) is 0. The number of carbonyl (C=O) groups is 1. The van der Waals surface area contributed by atoms with Crippen LogP contribution in [0.15, 0.2) is 35.1 Å². The Balaban J connectivity index is 2.20. The molecule has 0 saturated carbocycles. The minimum absolute atomic E-state index is 0.00373. The van der Waals surface area contributed by atoms with Crippen LogP contribution in [0.2, 0.25) is 0 Å². The monoisotopic (exact) mass is 399 g/mol. The lowest BCUT2D eigenvalue weighted by Crippen LogP contribution is -2.51. The van der Waals surface area contributed by atoms with Crippen molar-refractivity contribution >= 4 is 18.0 Å². The van der Waals surface area contributed by atoms with Crippen molar-refractivity contribution in [1.29, 1.82) is 0 Å². The maximum atomic E-state index is 14.5. The summed E-state index contributed by atoms with van der Waals surface area (Å²) in [5.74, 6) is -0.108. The van der Waals surface area contributed by atoms with Gasteiger partial charge in [-0.1, -0.05) is 31.2 Å². The predicted octanol–water partition coefficient (Wildman–Crippen LogP) is 2.86. The van der Waals surface area contributed by atoms with Crippen LogP contribution in [-0.4, -0.2) is 21.2 Å². The second-order valence-corrected chi connectivity index (χ2v) is 7.96. The molecule has 0 fully saturated rings. The lowest BCUT2D eigenvalue weighted by atomic mass is 10.1. The number of carbonyl (C=O) groups excluding carboxylic acids is 1. The van der Waals surface area contributed by atoms with Gasteiger partial charge in [0.05, 0.1) is 22.3 Å². The van der Waals surface area contributed by atoms with Crippen LogP contribution in [0, 0.1) is 0 Å². The molecule has 1 aromatic carbocycles. The summed E-state index contributed by atoms with van der Waals surface area (Å²) < 4.78 is 21.2. The molecule has 0 aliphatic heterocycles. The minimum Gasteiger partial charge on any atom is -0.444 e. The number of hydrogen-bond donors (Lipinski definition) is 1. The Morgan fingerprint density at radius 3 is 2.62 bits per heavy atom. The fourth-order valence-electron chi connectivity index (χ4n) is 3.28. The highest BCUT2D eigenvalue weighted by Gasteiger charge is 2.25. The second-order valence-electron chi connectivity index (χ2n) is 7.96. The van der Waals surface area contributed by atoms with Crippen LogP contribution in [0.4, 0.5) is 9.18 Å². The van der Waals surface area contributed by atoms with E-state index >= 15 is 0 Å². The van der Waals surface area contributed by atoms with Crippen LogP contribution in [0.3, 0.4) is 0 Å². The summed E-state index contributed by atoms with van der Waals surface area (Å²) in [5.41, 5.74) is -0.573. The van der Waals surface area contributed by atoms with Gasteiger partial charge >= 0.3 is 6.09 Å². The molecule has 2 aromatic rings. The van der Waals surface area contributed by atoms with Crippen molar-refractivity contribution in [3.05, 3.63) is 57.1 Å². The third-order valence-electron chi connectivity index (χ3n) is 4.54. The van der Waals surface area contributed by atoms with Crippen LogP contribution in [0.25, 0.3) is 17.6 Å². The van der Waals surface area contributed by atoms with Gasteiger partial charge in [0.1, 0.15) is 17.3 Å². The summed E-state index contributed by atoms with van der Waals surface area (Å²) in [6, 6.07) is 8.34. The average molecular weight is 399 g/mol. The van der Waals surface area contributed by atoms with Gasteiger partial charge in [-0.25, -0.2) is 14.2 Å². The van der Waals surface area contributed by atoms with E-state index in [9.17, 15) is 14.0 Å². The number of para-hydroxylation sites is 1. The third-order valence-corrected chi connectivity index (χ3v) is 4.54. The molecule has 0 radical (unpaired) electrons. The van der Waals surface area contributed by atoms with Crippen molar-refractivity contribution in [2.45, 2.75) is 58.6 Å². The highest BCUT2D eigenvalue weighted by Crippen LogP contribution is 2.18. The van der Waals surface area contributed by atoms with E-state index in [1.165, 1.54) is 4.57 Å². The number of ether oxygens (including phenoxy) is 1. The molecule has 1 heterocycles. The van der Waals surface area contributed by atoms with Crippen LogP contribution in [0.5, 0.6) is 0 Å². The van der Waals surface area contributed by atoms with E-state index in [1.54, 1.807) is 51.1 Å². The van der Waals surface area contributed by atoms with Crippen LogP contribution in [0.1, 0.15) is 58.8 Å². The van der Waals surface area contributed by atoms with E-state index in [-0.39, 0.29) is 11.6 Å². The lowest BCUT2D eigenvalue weighted by molar-refractivity contribution is 0.0499. The van der Waals surface area contributed by atoms with Gasteiger partial charge < -0.3 is 10.1 Å². The lowest BCUT2D eigenvalue weighted by Gasteiger charge is -2.24. The Bertz CT molecular complexity index is 1090. The molecule has 0 saturated heterocycles. The van der Waals surface area contributed by atoms with Crippen LogP contribution >= 0.6 is 0 Å². The van der Waals surface area contributed by atoms with Crippen molar-refractivity contribution in [2.24, 2.45) is 0 Å². The number of rotatable bonds is 4. The molecule has 3 rings (SSSR count). The number of amides is 1. The van der Waals surface area contributed by atoms with Gasteiger partial charge in [0.25, 0.3) is 5.56 Å². The van der Waals surface area contributed by atoms with Gasteiger partial charge in [-0.2, -0.15) is 0 Å². The highest BCUT2D eigenvalue weighted by molar-refractivity contribution is 5.68. The van der Waals surface area contributed by atoms with Crippen molar-refractivity contribution < 1.29 is 13.9 Å². The van der Waals surface area contributed by atoms with Crippen molar-refractivity contribution in [1.82, 2.24) is 14.9 Å². The summed E-state index contributed by atoms with van der Waals surface area (Å²) in [6.45, 7) is 7.20. The highest BCUT2D eigenvalue weighted by atomic mass is 19.1. The van der Waals surface area contributed by atoms with Gasteiger partial charge in [0.15, 0.2) is 0 Å². The normalized spacial score (nSPS) is 14.6. The number of hydrogen-bond acceptors (Lipinski definition) is 4. The first-order valence-corrected chi connectivity index (χ1v) is 9.78. The van der Waals surface area contributed by atoms with E-state index in [2.05, 4.69) is 10.3 Å². The number of aromatic nitrogens is 2. The average Bonchev–Trinajstić information content (AvgIpc) is 2.65. The zero-order valence-corrected chi connectivity index (χ0v) is 17.2. The zero-order chi connectivity index (χ0) is 21.2. The third kappa shape index (κ3) is 4.55. The first-order chi connectivity index (χ1) is 13.7. The summed E-state index contributed by atoms with van der Waals surface area (Å²) in [4.78, 5) is 30.2. The molecule has 6 nitrogen and oxygen atoms in total. The van der Waals surface area contributed by atoms with E-state index in [0.717, 1.165) is 0 Å². The van der Waals surface area contributed by atoms with E-state index in [4.69, 9.17) is 4.74 Å². The summed E-state index contributed by atoms with van der Waals surface area (Å²) in [5, 5.41) is 3.12. The predicted molar refractivity (Wildman–Crippen MR) is 110 cm³/mol. The van der Waals surface area contributed by atoms with Crippen molar-refractivity contribution in [3.8, 4) is 5.69 Å². The molecule has 0 unspecified atom stereocenters. The van der Waals surface area contributed by atoms with Gasteiger partial charge in [-0.3, -0.25) is 9.36 Å². The quantitative estimate of drug-likeness (QED) is 0.858. The summed E-state index contributed by atoms with van der Waals surface area (Å²) >= 11 is 0. The molecule has 1 N–H and O–H groups in total. The molecule has 1 aliphatic carbocycles. The number of fused-ring (bicyclic) bond motifs is 1. The zero-order valence-electron chi connectivity index (χ0n) is 17.2. The van der Waals surface area contributed by atoms with E-state index in [1.807, 2.05) is 13.0 Å². The Kier molecular flexibility index (Phi) is 5.86. The fraction of sp³-hybridized carbons (Fsp3) is 0.409. The topological polar surface area (TPSA) is 73.2 Å². The minimum atomic E-state index is -0.656. The van der Waals surface area contributed by atoms with Crippen LogP contribution in [-0.2, 0) is 4.74 Å². The standard InChI is InChI=1S/C22H26FN3O3/c1-5-16(25-21(28)29-22(2,3)4)19-24-17-13-9-12-15(23)18(17)20(27)26(19)14-10-7-6-8-11-14/h6-8,10-11,13,16H,5,9,12H2,1-4H3,(H,25,28)/t16-/m0/s1. The molecule has 0 spiro atoms. The van der Waals surface area contributed by atoms with Gasteiger partial charge in [0.2, 0.25) is 0 Å². The number of nitrogens with one attached hydrogen (secondary N) is 1. The smallest absolute Gasteiger partial charge is 0.408 e. The number of halogens is 1. The Morgan fingerprint density at radius 2 is 2.00 bits per heavy atom. The first-order valence-electron chi connectivity index (χ1n) is 9.78. The molecule has 1 atom stereocenters. The molecular formula is C22H26FN3O3. The second kappa shape index (κ2) is 8.19. The molecular weight excluding hydrogens is 373 g/mol. The number of nitrogens with zero attached hydrogens (tertiary/aromatic N) is 2. The SMILES string of the molecule is CC[C@H](NC(=O)OC(C)(C)C)c1nc2c(c(=O)n1-c1ccccc1)=C(F)CCC=2. The summed E-state index contributed by atoms with van der Waals surface area (Å²) in [6.07, 6.45) is 2.31. The van der Waals surface area contributed by atoms with Crippen LogP contribution < -0.4 is 21.4 Å². The molecule has 1 aromatic heterocycles. The number of benzene rings is 1. The maximum absolute atomic E-state index is 14.5. The molecule has 154 valence electrons. The molecule has 1 amide bonds. The largest absolute Gasteiger partial charge is 0.444 e. The molecule has 7 heteroatoms. The van der Waals surface area contributed by atoms with E-state index in [0.29, 0.717) is 29.7 Å². The Labute approximate surface area is 168 Å². The van der Waals surface area contributed by atoms with Crippen molar-refractivity contribution in [2.75, 3.05) is 0 Å².